The second-order valence-corrected chi connectivity index (χ2v) is 5.24. The van der Waals surface area contributed by atoms with Crippen LogP contribution in [0.4, 0.5) is 4.39 Å². The lowest BCUT2D eigenvalue weighted by molar-refractivity contribution is 0.0995. The molecule has 1 aromatic carbocycles. The minimum Gasteiger partial charge on any atom is -0.293 e. The van der Waals surface area contributed by atoms with E-state index < -0.39 is 5.82 Å². The average molecular weight is 299 g/mol. The van der Waals surface area contributed by atoms with Gasteiger partial charge in [0, 0.05) is 6.42 Å². The molecule has 0 saturated heterocycles. The Morgan fingerprint density at radius 3 is 3.00 bits per heavy atom. The summed E-state index contributed by atoms with van der Waals surface area (Å²) in [5.74, 6) is -0.630. The molecular weight excluding hydrogens is 287 g/mol. The molecule has 1 heterocycles. The molecule has 0 saturated carbocycles. The van der Waals surface area contributed by atoms with Crippen molar-refractivity contribution in [3.8, 4) is 0 Å². The Balaban J connectivity index is 2.21. The van der Waals surface area contributed by atoms with Gasteiger partial charge in [0.2, 0.25) is 0 Å². The molecule has 0 N–H and O–H groups in total. The van der Waals surface area contributed by atoms with E-state index in [4.69, 9.17) is 11.6 Å². The van der Waals surface area contributed by atoms with E-state index >= 15 is 0 Å². The summed E-state index contributed by atoms with van der Waals surface area (Å²) in [7, 11) is 0. The van der Waals surface area contributed by atoms with Crippen LogP contribution in [-0.4, -0.2) is 15.4 Å². The fourth-order valence-electron chi connectivity index (χ4n) is 1.76. The fraction of sp³-hybridized carbons (Fsp3) is 0.308. The number of nitrogens with zero attached hydrogens (tertiary/aromatic N) is 2. The summed E-state index contributed by atoms with van der Waals surface area (Å²) in [5.41, 5.74) is 1.20. The molecule has 6 heteroatoms. The lowest BCUT2D eigenvalue weighted by atomic mass is 10.1. The van der Waals surface area contributed by atoms with Crippen LogP contribution >= 0.6 is 23.1 Å². The largest absolute Gasteiger partial charge is 0.293 e. The molecule has 0 amide bonds. The number of aryl methyl sites for hydroxylation is 1. The van der Waals surface area contributed by atoms with Crippen LogP contribution in [0.2, 0.25) is 5.02 Å². The number of Topliss-reactive ketones (excluding diaryl/α,β-unsaturated/α-hetero) is 1. The molecule has 0 radical (unpaired) electrons. The van der Waals surface area contributed by atoms with Crippen LogP contribution in [0.15, 0.2) is 18.2 Å². The number of hydrogen-bond donors (Lipinski definition) is 0. The molecule has 0 fully saturated rings. The first-order valence-electron chi connectivity index (χ1n) is 5.90. The molecule has 0 aliphatic carbocycles. The van der Waals surface area contributed by atoms with Gasteiger partial charge in [0.15, 0.2) is 5.78 Å². The van der Waals surface area contributed by atoms with Crippen LogP contribution in [-0.2, 0) is 12.8 Å². The summed E-state index contributed by atoms with van der Waals surface area (Å²) >= 11 is 6.92. The van der Waals surface area contributed by atoms with Crippen molar-refractivity contribution in [1.29, 1.82) is 0 Å². The monoisotopic (exact) mass is 298 g/mol. The smallest absolute Gasteiger partial charge is 0.180 e. The van der Waals surface area contributed by atoms with E-state index in [1.165, 1.54) is 6.07 Å². The van der Waals surface area contributed by atoms with Gasteiger partial charge in [0.05, 0.1) is 10.7 Å². The zero-order chi connectivity index (χ0) is 13.8. The highest BCUT2D eigenvalue weighted by Gasteiger charge is 2.18. The Labute approximate surface area is 119 Å². The third-order valence-corrected chi connectivity index (χ3v) is 3.91. The summed E-state index contributed by atoms with van der Waals surface area (Å²) in [6, 6.07) is 4.46. The molecule has 2 aromatic rings. The Morgan fingerprint density at radius 1 is 1.47 bits per heavy atom. The third-order valence-electron chi connectivity index (χ3n) is 2.68. The molecule has 0 bridgehead atoms. The van der Waals surface area contributed by atoms with Crippen molar-refractivity contribution in [1.82, 2.24) is 9.59 Å². The second-order valence-electron chi connectivity index (χ2n) is 4.11. The van der Waals surface area contributed by atoms with Gasteiger partial charge in [-0.2, -0.15) is 0 Å². The lowest BCUT2D eigenvalue weighted by Crippen LogP contribution is -2.05. The van der Waals surface area contributed by atoms with Gasteiger partial charge in [-0.1, -0.05) is 41.6 Å². The predicted octanol–water partition coefficient (Wildman–Crippen LogP) is 3.71. The number of carbonyl (C=O) groups excluding carboxylic acids is 1. The molecule has 0 unspecified atom stereocenters. The molecule has 0 atom stereocenters. The van der Waals surface area contributed by atoms with Gasteiger partial charge in [-0.05, 0) is 29.6 Å². The number of halogens is 2. The summed E-state index contributed by atoms with van der Waals surface area (Å²) in [5, 5.41) is 3.95. The van der Waals surface area contributed by atoms with Gasteiger partial charge in [0.1, 0.15) is 10.7 Å². The number of rotatable bonds is 5. The van der Waals surface area contributed by atoms with Gasteiger partial charge in [-0.3, -0.25) is 4.79 Å². The van der Waals surface area contributed by atoms with Crippen molar-refractivity contribution in [3.63, 3.8) is 0 Å². The first-order chi connectivity index (χ1) is 9.13. The maximum atomic E-state index is 13.3. The fourth-order valence-corrected chi connectivity index (χ4v) is 2.60. The first kappa shape index (κ1) is 14.1. The van der Waals surface area contributed by atoms with Crippen molar-refractivity contribution < 1.29 is 9.18 Å². The predicted molar refractivity (Wildman–Crippen MR) is 73.3 cm³/mol. The minimum atomic E-state index is -0.511. The number of hydrogen-bond acceptors (Lipinski definition) is 4. The minimum absolute atomic E-state index is 0.00497. The van der Waals surface area contributed by atoms with E-state index in [1.807, 2.05) is 6.92 Å². The molecular formula is C13H12ClFN2OS. The van der Waals surface area contributed by atoms with Crippen LogP contribution in [0.25, 0.3) is 0 Å². The van der Waals surface area contributed by atoms with Gasteiger partial charge >= 0.3 is 0 Å². The number of ketones is 1. The van der Waals surface area contributed by atoms with E-state index in [0.717, 1.165) is 18.0 Å². The van der Waals surface area contributed by atoms with Gasteiger partial charge in [-0.15, -0.1) is 5.10 Å². The number of benzene rings is 1. The summed E-state index contributed by atoms with van der Waals surface area (Å²) < 4.78 is 17.1. The topological polar surface area (TPSA) is 42.9 Å². The summed E-state index contributed by atoms with van der Waals surface area (Å²) in [6.45, 7) is 2.01. The van der Waals surface area contributed by atoms with Crippen molar-refractivity contribution in [2.24, 2.45) is 0 Å². The van der Waals surface area contributed by atoms with Crippen LogP contribution in [0.3, 0.4) is 0 Å². The average Bonchev–Trinajstić information content (AvgIpc) is 2.84. The third kappa shape index (κ3) is 3.16. The normalized spacial score (nSPS) is 10.7. The van der Waals surface area contributed by atoms with E-state index in [1.54, 1.807) is 12.1 Å². The van der Waals surface area contributed by atoms with E-state index in [2.05, 4.69) is 9.59 Å². The van der Waals surface area contributed by atoms with Crippen LogP contribution in [0.1, 0.15) is 34.3 Å². The van der Waals surface area contributed by atoms with Crippen molar-refractivity contribution >= 4 is 28.9 Å². The second kappa shape index (κ2) is 6.21. The lowest BCUT2D eigenvalue weighted by Gasteiger charge is -2.04. The van der Waals surface area contributed by atoms with Crippen LogP contribution in [0, 0.1) is 5.82 Å². The van der Waals surface area contributed by atoms with Gasteiger partial charge in [-0.25, -0.2) is 4.39 Å². The highest BCUT2D eigenvalue weighted by molar-refractivity contribution is 7.08. The van der Waals surface area contributed by atoms with Gasteiger partial charge < -0.3 is 0 Å². The van der Waals surface area contributed by atoms with Crippen molar-refractivity contribution in [2.75, 3.05) is 0 Å². The molecule has 100 valence electrons. The summed E-state index contributed by atoms with van der Waals surface area (Å²) in [4.78, 5) is 12.7. The zero-order valence-corrected chi connectivity index (χ0v) is 11.9. The Bertz CT molecular complexity index is 600. The Kier molecular flexibility index (Phi) is 4.61. The summed E-state index contributed by atoms with van der Waals surface area (Å²) in [6.07, 6.45) is 1.68. The Morgan fingerprint density at radius 2 is 2.26 bits per heavy atom. The Hall–Kier alpha value is -1.33. The molecule has 1 aromatic heterocycles. The molecule has 2 rings (SSSR count). The SMILES string of the molecule is CCCc1nnsc1C(=O)Cc1cccc(F)c1Cl. The molecule has 0 aliphatic rings. The molecule has 3 nitrogen and oxygen atoms in total. The van der Waals surface area contributed by atoms with Crippen molar-refractivity contribution in [2.45, 2.75) is 26.2 Å². The van der Waals surface area contributed by atoms with Gasteiger partial charge in [0.25, 0.3) is 0 Å². The van der Waals surface area contributed by atoms with Crippen LogP contribution in [0.5, 0.6) is 0 Å². The van der Waals surface area contributed by atoms with E-state index in [9.17, 15) is 9.18 Å². The molecule has 0 aliphatic heterocycles. The van der Waals surface area contributed by atoms with E-state index in [-0.39, 0.29) is 17.2 Å². The first-order valence-corrected chi connectivity index (χ1v) is 7.06. The van der Waals surface area contributed by atoms with E-state index in [0.29, 0.717) is 22.6 Å². The number of carbonyl (C=O) groups is 1. The highest BCUT2D eigenvalue weighted by Crippen LogP contribution is 2.23. The molecule has 0 spiro atoms. The zero-order valence-electron chi connectivity index (χ0n) is 10.3. The quantitative estimate of drug-likeness (QED) is 0.790. The number of aromatic nitrogens is 2. The molecule has 19 heavy (non-hydrogen) atoms. The maximum Gasteiger partial charge on any atom is 0.180 e. The highest BCUT2D eigenvalue weighted by atomic mass is 35.5. The van der Waals surface area contributed by atoms with Crippen LogP contribution < -0.4 is 0 Å². The standard InChI is InChI=1S/C13H12ClFN2OS/c1-2-4-10-13(19-17-16-10)11(18)7-8-5-3-6-9(15)12(8)14/h3,5-6H,2,4,7H2,1H3. The van der Waals surface area contributed by atoms with Crippen molar-refractivity contribution in [3.05, 3.63) is 45.2 Å². The maximum absolute atomic E-state index is 13.3.